The minimum absolute atomic E-state index is 0.259. The topological polar surface area (TPSA) is 114 Å². The highest BCUT2D eigenvalue weighted by atomic mass is 19.4. The summed E-state index contributed by atoms with van der Waals surface area (Å²) in [6, 6.07) is 10.3. The molecule has 11 heteroatoms. The molecule has 2 aromatic heterocycles. The van der Waals surface area contributed by atoms with Gasteiger partial charge in [0.25, 0.3) is 0 Å². The van der Waals surface area contributed by atoms with Crippen LogP contribution in [-0.2, 0) is 22.6 Å². The quantitative estimate of drug-likeness (QED) is 0.632. The van der Waals surface area contributed by atoms with Crippen molar-refractivity contribution >= 4 is 23.0 Å². The molecule has 0 radical (unpaired) electrons. The summed E-state index contributed by atoms with van der Waals surface area (Å²) in [5, 5.41) is 9.94. The molecule has 1 aromatic carbocycles. The van der Waals surface area contributed by atoms with Gasteiger partial charge in [-0.1, -0.05) is 25.1 Å². The molecule has 0 aliphatic rings. The number of aliphatic carboxylic acids is 1. The first-order chi connectivity index (χ1) is 14.5. The lowest BCUT2D eigenvalue weighted by Gasteiger charge is -2.13. The van der Waals surface area contributed by atoms with Crippen LogP contribution in [0.1, 0.15) is 31.1 Å². The molecule has 0 fully saturated rings. The molecule has 3 aromatic rings. The summed E-state index contributed by atoms with van der Waals surface area (Å²) >= 11 is 0. The van der Waals surface area contributed by atoms with Crippen molar-refractivity contribution < 1.29 is 32.3 Å². The van der Waals surface area contributed by atoms with Gasteiger partial charge in [-0.25, -0.2) is 9.59 Å². The fourth-order valence-electron chi connectivity index (χ4n) is 2.56. The monoisotopic (exact) mass is 439 g/mol. The van der Waals surface area contributed by atoms with E-state index >= 15 is 0 Å². The summed E-state index contributed by atoms with van der Waals surface area (Å²) in [7, 11) is 0. The molecule has 1 atom stereocenters. The van der Waals surface area contributed by atoms with Gasteiger partial charge in [-0.05, 0) is 37.1 Å². The van der Waals surface area contributed by atoms with Gasteiger partial charge in [0.15, 0.2) is 5.58 Å². The van der Waals surface area contributed by atoms with E-state index in [2.05, 4.69) is 17.2 Å². The number of carboxylic acids is 1. The van der Waals surface area contributed by atoms with Crippen LogP contribution in [0.2, 0.25) is 0 Å². The van der Waals surface area contributed by atoms with Crippen LogP contribution in [0, 0.1) is 0 Å². The van der Waals surface area contributed by atoms with Gasteiger partial charge >= 0.3 is 17.9 Å². The predicted octanol–water partition coefficient (Wildman–Crippen LogP) is 3.06. The normalized spacial score (nSPS) is 12.0. The summed E-state index contributed by atoms with van der Waals surface area (Å²) in [6.07, 6.45) is -2.36. The number of para-hydroxylation sites is 2. The molecule has 3 rings (SSSR count). The van der Waals surface area contributed by atoms with Gasteiger partial charge in [0.1, 0.15) is 6.04 Å². The number of fused-ring (bicyclic) bond motifs is 1. The van der Waals surface area contributed by atoms with Crippen LogP contribution < -0.4 is 11.1 Å². The Hall–Kier alpha value is -3.63. The molecule has 0 saturated heterocycles. The van der Waals surface area contributed by atoms with Crippen molar-refractivity contribution in [3.8, 4) is 0 Å². The number of alkyl halides is 3. The molecular weight excluding hydrogens is 419 g/mol. The van der Waals surface area contributed by atoms with Gasteiger partial charge in [-0.2, -0.15) is 13.2 Å². The van der Waals surface area contributed by atoms with Gasteiger partial charge in [-0.15, -0.1) is 0 Å². The predicted molar refractivity (Wildman–Crippen MR) is 104 cm³/mol. The Balaban J connectivity index is 0.000000423. The van der Waals surface area contributed by atoms with Crippen molar-refractivity contribution in [2.45, 2.75) is 39.0 Å². The maximum Gasteiger partial charge on any atom is 0.490 e. The highest BCUT2D eigenvalue weighted by molar-refractivity contribution is 5.82. The third-order valence-corrected chi connectivity index (χ3v) is 4.27. The highest BCUT2D eigenvalue weighted by Crippen LogP contribution is 2.16. The van der Waals surface area contributed by atoms with Crippen LogP contribution in [0.25, 0.3) is 11.1 Å². The number of aryl methyl sites for hydroxylation is 1. The van der Waals surface area contributed by atoms with Gasteiger partial charge < -0.3 is 14.8 Å². The number of carboxylic acid groups (broad SMARTS) is 1. The van der Waals surface area contributed by atoms with Crippen LogP contribution in [0.3, 0.4) is 0 Å². The van der Waals surface area contributed by atoms with E-state index in [0.29, 0.717) is 17.6 Å². The molecule has 0 aliphatic heterocycles. The van der Waals surface area contributed by atoms with E-state index in [4.69, 9.17) is 14.3 Å². The third-order valence-electron chi connectivity index (χ3n) is 4.27. The third kappa shape index (κ3) is 6.17. The van der Waals surface area contributed by atoms with Crippen molar-refractivity contribution in [3.05, 3.63) is 64.4 Å². The molecule has 2 N–H and O–H groups in total. The van der Waals surface area contributed by atoms with E-state index in [1.807, 2.05) is 12.1 Å². The molecule has 0 aliphatic carbocycles. The maximum atomic E-state index is 12.4. The minimum atomic E-state index is -5.08. The first-order valence-electron chi connectivity index (χ1n) is 9.16. The number of halogens is 3. The molecule has 1 amide bonds. The van der Waals surface area contributed by atoms with Crippen LogP contribution >= 0.6 is 0 Å². The van der Waals surface area contributed by atoms with E-state index in [-0.39, 0.29) is 5.91 Å². The van der Waals surface area contributed by atoms with Crippen LogP contribution in [0.15, 0.2) is 51.8 Å². The number of benzene rings is 1. The molecule has 166 valence electrons. The SMILES string of the molecule is CCc1ccc(CNC(=O)C(C)n2c(=O)oc3ccccc32)nc1.O=C(O)C(F)(F)F. The minimum Gasteiger partial charge on any atom is -0.475 e. The van der Waals surface area contributed by atoms with E-state index in [1.165, 1.54) is 4.57 Å². The van der Waals surface area contributed by atoms with E-state index < -0.39 is 23.9 Å². The van der Waals surface area contributed by atoms with Crippen molar-refractivity contribution in [1.82, 2.24) is 14.9 Å². The number of rotatable bonds is 5. The summed E-state index contributed by atoms with van der Waals surface area (Å²) < 4.78 is 38.3. The van der Waals surface area contributed by atoms with Crippen molar-refractivity contribution in [3.63, 3.8) is 0 Å². The summed E-state index contributed by atoms with van der Waals surface area (Å²) in [5.41, 5.74) is 3.00. The second-order valence-electron chi connectivity index (χ2n) is 6.41. The Morgan fingerprint density at radius 2 is 1.87 bits per heavy atom. The van der Waals surface area contributed by atoms with Gasteiger partial charge in [-0.3, -0.25) is 14.3 Å². The molecule has 0 spiro atoms. The van der Waals surface area contributed by atoms with E-state index in [0.717, 1.165) is 17.7 Å². The largest absolute Gasteiger partial charge is 0.490 e. The van der Waals surface area contributed by atoms with Crippen LogP contribution in [0.4, 0.5) is 13.2 Å². The molecule has 31 heavy (non-hydrogen) atoms. The fraction of sp³-hybridized carbons (Fsp3) is 0.300. The molecule has 0 saturated carbocycles. The summed E-state index contributed by atoms with van der Waals surface area (Å²) in [6.45, 7) is 4.05. The molecule has 8 nitrogen and oxygen atoms in total. The van der Waals surface area contributed by atoms with Gasteiger partial charge in [0.2, 0.25) is 5.91 Å². The Morgan fingerprint density at radius 1 is 1.23 bits per heavy atom. The number of hydrogen-bond donors (Lipinski definition) is 2. The number of nitrogens with one attached hydrogen (secondary N) is 1. The number of amides is 1. The van der Waals surface area contributed by atoms with E-state index in [9.17, 15) is 22.8 Å². The lowest BCUT2D eigenvalue weighted by atomic mass is 10.2. The second kappa shape index (κ2) is 9.92. The smallest absolute Gasteiger partial charge is 0.475 e. The second-order valence-corrected chi connectivity index (χ2v) is 6.41. The number of pyridine rings is 1. The Bertz CT molecular complexity index is 1100. The number of nitrogens with zero attached hydrogens (tertiary/aromatic N) is 2. The fourth-order valence-corrected chi connectivity index (χ4v) is 2.56. The number of aromatic nitrogens is 2. The van der Waals surface area contributed by atoms with Gasteiger partial charge in [0, 0.05) is 6.20 Å². The first kappa shape index (κ1) is 23.6. The summed E-state index contributed by atoms with van der Waals surface area (Å²) in [5.74, 6) is -3.55. The molecule has 0 bridgehead atoms. The zero-order chi connectivity index (χ0) is 23.2. The number of hydrogen-bond acceptors (Lipinski definition) is 5. The zero-order valence-electron chi connectivity index (χ0n) is 16.6. The molecule has 1 unspecified atom stereocenters. The van der Waals surface area contributed by atoms with Gasteiger partial charge in [0.05, 0.1) is 17.8 Å². The Morgan fingerprint density at radius 3 is 2.42 bits per heavy atom. The number of oxazole rings is 1. The number of carbonyl (C=O) groups excluding carboxylic acids is 1. The lowest BCUT2D eigenvalue weighted by molar-refractivity contribution is -0.192. The zero-order valence-corrected chi connectivity index (χ0v) is 16.6. The Labute approximate surface area is 174 Å². The van der Waals surface area contributed by atoms with Crippen LogP contribution in [0.5, 0.6) is 0 Å². The Kier molecular flexibility index (Phi) is 7.56. The van der Waals surface area contributed by atoms with Crippen molar-refractivity contribution in [1.29, 1.82) is 0 Å². The molecule has 2 heterocycles. The number of carbonyl (C=O) groups is 2. The van der Waals surface area contributed by atoms with Crippen molar-refractivity contribution in [2.75, 3.05) is 0 Å². The van der Waals surface area contributed by atoms with Crippen molar-refractivity contribution in [2.24, 2.45) is 0 Å². The summed E-state index contributed by atoms with van der Waals surface area (Å²) in [4.78, 5) is 37.6. The average molecular weight is 439 g/mol. The molecular formula is C20H20F3N3O5. The standard InChI is InChI=1S/C18H19N3O3.C2HF3O2/c1-3-13-8-9-14(19-10-13)11-20-17(22)12(2)21-15-6-4-5-7-16(15)24-18(21)23;3-2(4,5)1(6)7/h4-10,12H,3,11H2,1-2H3,(H,20,22);(H,6,7). The lowest BCUT2D eigenvalue weighted by Crippen LogP contribution is -2.34. The van der Waals surface area contributed by atoms with Crippen LogP contribution in [-0.4, -0.2) is 32.7 Å². The first-order valence-corrected chi connectivity index (χ1v) is 9.16. The average Bonchev–Trinajstić information content (AvgIpc) is 3.07. The maximum absolute atomic E-state index is 12.4. The van der Waals surface area contributed by atoms with E-state index in [1.54, 1.807) is 37.4 Å². The highest BCUT2D eigenvalue weighted by Gasteiger charge is 2.38.